The van der Waals surface area contributed by atoms with Crippen LogP contribution in [0.2, 0.25) is 0 Å². The number of benzene rings is 3. The molecule has 0 bridgehead atoms. The number of ether oxygens (including phenoxy) is 2. The Morgan fingerprint density at radius 2 is 1.42 bits per heavy atom. The van der Waals surface area contributed by atoms with Gasteiger partial charge in [0.15, 0.2) is 6.61 Å². The summed E-state index contributed by atoms with van der Waals surface area (Å²) in [6.07, 6.45) is 0. The maximum atomic E-state index is 12.4. The molecular weight excluding hydrogens is 416 g/mol. The summed E-state index contributed by atoms with van der Waals surface area (Å²) in [5.41, 5.74) is 1.80. The standard InChI is InChI=1S/C23H24N2O5S/c1-29-20-9-7-19(8-10-20)15-24-23(26)17-30-21-11-13-22(14-12-21)31(27,28)25-16-18-5-3-2-4-6-18/h2-14,25H,15-17H2,1H3,(H,24,26). The molecule has 0 saturated carbocycles. The highest BCUT2D eigenvalue weighted by molar-refractivity contribution is 7.89. The van der Waals surface area contributed by atoms with E-state index in [1.54, 1.807) is 7.11 Å². The van der Waals surface area contributed by atoms with Gasteiger partial charge in [0.25, 0.3) is 5.91 Å². The Hall–Kier alpha value is -3.36. The molecule has 162 valence electrons. The molecule has 3 rings (SSSR count). The van der Waals surface area contributed by atoms with E-state index < -0.39 is 10.0 Å². The van der Waals surface area contributed by atoms with Gasteiger partial charge in [0.1, 0.15) is 11.5 Å². The van der Waals surface area contributed by atoms with E-state index in [1.165, 1.54) is 24.3 Å². The smallest absolute Gasteiger partial charge is 0.258 e. The van der Waals surface area contributed by atoms with E-state index in [1.807, 2.05) is 54.6 Å². The first kappa shape index (κ1) is 22.3. The van der Waals surface area contributed by atoms with Crippen molar-refractivity contribution in [3.63, 3.8) is 0 Å². The molecule has 7 nitrogen and oxygen atoms in total. The van der Waals surface area contributed by atoms with Gasteiger partial charge in [-0.2, -0.15) is 0 Å². The lowest BCUT2D eigenvalue weighted by atomic mass is 10.2. The Balaban J connectivity index is 1.46. The quantitative estimate of drug-likeness (QED) is 0.506. The average molecular weight is 441 g/mol. The number of amides is 1. The normalized spacial score (nSPS) is 11.0. The van der Waals surface area contributed by atoms with Crippen LogP contribution >= 0.6 is 0 Å². The van der Waals surface area contributed by atoms with Gasteiger partial charge >= 0.3 is 0 Å². The third kappa shape index (κ3) is 6.84. The summed E-state index contributed by atoms with van der Waals surface area (Å²) >= 11 is 0. The number of nitrogens with one attached hydrogen (secondary N) is 2. The fourth-order valence-electron chi connectivity index (χ4n) is 2.72. The van der Waals surface area contributed by atoms with Crippen molar-refractivity contribution in [2.24, 2.45) is 0 Å². The first-order valence-electron chi connectivity index (χ1n) is 9.62. The number of carbonyl (C=O) groups is 1. The van der Waals surface area contributed by atoms with E-state index in [-0.39, 0.29) is 24.0 Å². The maximum absolute atomic E-state index is 12.4. The molecule has 0 spiro atoms. The Bertz CT molecular complexity index is 1080. The molecule has 0 fully saturated rings. The summed E-state index contributed by atoms with van der Waals surface area (Å²) in [7, 11) is -2.05. The van der Waals surface area contributed by atoms with Crippen LogP contribution in [0, 0.1) is 0 Å². The minimum atomic E-state index is -3.64. The number of carbonyl (C=O) groups excluding carboxylic acids is 1. The Morgan fingerprint density at radius 3 is 2.06 bits per heavy atom. The number of sulfonamides is 1. The summed E-state index contributed by atoms with van der Waals surface area (Å²) in [5, 5.41) is 2.76. The molecule has 0 saturated heterocycles. The van der Waals surface area contributed by atoms with Crippen LogP contribution in [-0.2, 0) is 27.9 Å². The van der Waals surface area contributed by atoms with Gasteiger partial charge in [-0.3, -0.25) is 4.79 Å². The van der Waals surface area contributed by atoms with Gasteiger partial charge in [0.05, 0.1) is 12.0 Å². The molecule has 0 aliphatic rings. The molecular formula is C23H24N2O5S. The van der Waals surface area contributed by atoms with Crippen LogP contribution in [0.4, 0.5) is 0 Å². The van der Waals surface area contributed by atoms with Crippen LogP contribution in [0.5, 0.6) is 11.5 Å². The van der Waals surface area contributed by atoms with E-state index in [0.29, 0.717) is 12.3 Å². The first-order chi connectivity index (χ1) is 15.0. The molecule has 0 aliphatic heterocycles. The van der Waals surface area contributed by atoms with E-state index in [2.05, 4.69) is 10.0 Å². The fourth-order valence-corrected chi connectivity index (χ4v) is 3.73. The van der Waals surface area contributed by atoms with Crippen molar-refractivity contribution in [2.45, 2.75) is 18.0 Å². The summed E-state index contributed by atoms with van der Waals surface area (Å²) in [5.74, 6) is 0.873. The van der Waals surface area contributed by atoms with Crippen molar-refractivity contribution in [1.82, 2.24) is 10.0 Å². The molecule has 0 radical (unpaired) electrons. The number of hydrogen-bond donors (Lipinski definition) is 2. The molecule has 0 aliphatic carbocycles. The lowest BCUT2D eigenvalue weighted by Gasteiger charge is -2.10. The second kappa shape index (κ2) is 10.6. The summed E-state index contributed by atoms with van der Waals surface area (Å²) in [4.78, 5) is 12.1. The fraction of sp³-hybridized carbons (Fsp3) is 0.174. The third-order valence-electron chi connectivity index (χ3n) is 4.46. The Morgan fingerprint density at radius 1 is 0.806 bits per heavy atom. The van der Waals surface area contributed by atoms with E-state index >= 15 is 0 Å². The van der Waals surface area contributed by atoms with Crippen molar-refractivity contribution in [3.8, 4) is 11.5 Å². The van der Waals surface area contributed by atoms with Crippen molar-refractivity contribution in [2.75, 3.05) is 13.7 Å². The highest BCUT2D eigenvalue weighted by Gasteiger charge is 2.14. The van der Waals surface area contributed by atoms with Crippen LogP contribution in [0.25, 0.3) is 0 Å². The second-order valence-corrected chi connectivity index (χ2v) is 8.46. The molecule has 0 atom stereocenters. The van der Waals surface area contributed by atoms with Gasteiger partial charge in [-0.25, -0.2) is 13.1 Å². The molecule has 1 amide bonds. The highest BCUT2D eigenvalue weighted by atomic mass is 32.2. The Kier molecular flexibility index (Phi) is 7.64. The van der Waals surface area contributed by atoms with Gasteiger partial charge in [-0.15, -0.1) is 0 Å². The minimum absolute atomic E-state index is 0.125. The van der Waals surface area contributed by atoms with Crippen molar-refractivity contribution in [3.05, 3.63) is 90.0 Å². The molecule has 0 unspecified atom stereocenters. The summed E-state index contributed by atoms with van der Waals surface area (Å²) in [6.45, 7) is 0.404. The van der Waals surface area contributed by atoms with Crippen LogP contribution in [0.3, 0.4) is 0 Å². The zero-order valence-corrected chi connectivity index (χ0v) is 17.9. The average Bonchev–Trinajstić information content (AvgIpc) is 2.81. The van der Waals surface area contributed by atoms with E-state index in [0.717, 1.165) is 16.9 Å². The molecule has 0 heterocycles. The van der Waals surface area contributed by atoms with Gasteiger partial charge < -0.3 is 14.8 Å². The maximum Gasteiger partial charge on any atom is 0.258 e. The lowest BCUT2D eigenvalue weighted by Crippen LogP contribution is -2.28. The minimum Gasteiger partial charge on any atom is -0.497 e. The number of methoxy groups -OCH3 is 1. The summed E-state index contributed by atoms with van der Waals surface area (Å²) in [6, 6.07) is 22.6. The number of hydrogen-bond acceptors (Lipinski definition) is 5. The molecule has 8 heteroatoms. The van der Waals surface area contributed by atoms with Gasteiger partial charge in [-0.05, 0) is 47.5 Å². The topological polar surface area (TPSA) is 93.7 Å². The van der Waals surface area contributed by atoms with Crippen LogP contribution in [0.1, 0.15) is 11.1 Å². The van der Waals surface area contributed by atoms with Crippen LogP contribution < -0.4 is 19.5 Å². The SMILES string of the molecule is COc1ccc(CNC(=O)COc2ccc(S(=O)(=O)NCc3ccccc3)cc2)cc1. The highest BCUT2D eigenvalue weighted by Crippen LogP contribution is 2.16. The molecule has 31 heavy (non-hydrogen) atoms. The predicted molar refractivity (Wildman–Crippen MR) is 117 cm³/mol. The van der Waals surface area contributed by atoms with Crippen LogP contribution in [0.15, 0.2) is 83.8 Å². The lowest BCUT2D eigenvalue weighted by molar-refractivity contribution is -0.123. The van der Waals surface area contributed by atoms with Crippen molar-refractivity contribution >= 4 is 15.9 Å². The monoisotopic (exact) mass is 440 g/mol. The van der Waals surface area contributed by atoms with Gasteiger partial charge in [0.2, 0.25) is 10.0 Å². The van der Waals surface area contributed by atoms with E-state index in [4.69, 9.17) is 9.47 Å². The predicted octanol–water partition coefficient (Wildman–Crippen LogP) is 2.87. The first-order valence-corrected chi connectivity index (χ1v) is 11.1. The van der Waals surface area contributed by atoms with Gasteiger partial charge in [0, 0.05) is 13.1 Å². The largest absolute Gasteiger partial charge is 0.497 e. The zero-order chi connectivity index (χ0) is 22.1. The van der Waals surface area contributed by atoms with Crippen molar-refractivity contribution < 1.29 is 22.7 Å². The second-order valence-electron chi connectivity index (χ2n) is 6.70. The van der Waals surface area contributed by atoms with Crippen molar-refractivity contribution in [1.29, 1.82) is 0 Å². The molecule has 3 aromatic rings. The Labute approximate surface area is 182 Å². The van der Waals surface area contributed by atoms with Gasteiger partial charge in [-0.1, -0.05) is 42.5 Å². The third-order valence-corrected chi connectivity index (χ3v) is 5.88. The van der Waals surface area contributed by atoms with E-state index in [9.17, 15) is 13.2 Å². The zero-order valence-electron chi connectivity index (χ0n) is 17.1. The van der Waals surface area contributed by atoms with Crippen LogP contribution in [-0.4, -0.2) is 28.0 Å². The molecule has 3 aromatic carbocycles. The molecule has 0 aromatic heterocycles. The number of rotatable bonds is 10. The molecule has 2 N–H and O–H groups in total. The summed E-state index contributed by atoms with van der Waals surface area (Å²) < 4.78 is 37.9.